The van der Waals surface area contributed by atoms with Gasteiger partial charge in [0.05, 0.1) is 5.69 Å². The zero-order chi connectivity index (χ0) is 13.8. The van der Waals surface area contributed by atoms with E-state index in [2.05, 4.69) is 37.1 Å². The van der Waals surface area contributed by atoms with Gasteiger partial charge in [-0.15, -0.1) is 0 Å². The van der Waals surface area contributed by atoms with Crippen LogP contribution >= 0.6 is 0 Å². The highest BCUT2D eigenvalue weighted by Crippen LogP contribution is 2.26. The number of rotatable bonds is 5. The summed E-state index contributed by atoms with van der Waals surface area (Å²) in [5, 5.41) is 3.43. The van der Waals surface area contributed by atoms with Crippen molar-refractivity contribution in [2.24, 2.45) is 5.92 Å². The van der Waals surface area contributed by atoms with Gasteiger partial charge in [0.1, 0.15) is 5.82 Å². The fraction of sp³-hybridized carbons (Fsp3) is 0.625. The highest BCUT2D eigenvalue weighted by atomic mass is 19.1. The summed E-state index contributed by atoms with van der Waals surface area (Å²) in [4.78, 5) is 2.14. The van der Waals surface area contributed by atoms with Gasteiger partial charge in [-0.1, -0.05) is 19.9 Å². The molecule has 1 heterocycles. The summed E-state index contributed by atoms with van der Waals surface area (Å²) in [5.41, 5.74) is 1.79. The average Bonchev–Trinajstić information content (AvgIpc) is 2.89. The number of hydrogen-bond acceptors (Lipinski definition) is 2. The van der Waals surface area contributed by atoms with Crippen LogP contribution in [0.2, 0.25) is 0 Å². The average molecular weight is 264 g/mol. The number of benzene rings is 1. The van der Waals surface area contributed by atoms with E-state index in [0.29, 0.717) is 5.92 Å². The lowest BCUT2D eigenvalue weighted by Crippen LogP contribution is -2.24. The molecular formula is C16H25FN2. The van der Waals surface area contributed by atoms with Gasteiger partial charge in [0.25, 0.3) is 0 Å². The van der Waals surface area contributed by atoms with Gasteiger partial charge < -0.3 is 10.2 Å². The first-order chi connectivity index (χ1) is 9.08. The molecule has 1 fully saturated rings. The maximum absolute atomic E-state index is 14.2. The Labute approximate surface area is 116 Å². The first-order valence-corrected chi connectivity index (χ1v) is 7.35. The van der Waals surface area contributed by atoms with Crippen molar-refractivity contribution in [1.82, 2.24) is 5.32 Å². The molecule has 1 N–H and O–H groups in total. The van der Waals surface area contributed by atoms with Crippen molar-refractivity contribution >= 4 is 5.69 Å². The number of halogens is 1. The van der Waals surface area contributed by atoms with Gasteiger partial charge in [-0.25, -0.2) is 4.39 Å². The lowest BCUT2D eigenvalue weighted by molar-refractivity contribution is 0.494. The molecule has 2 nitrogen and oxygen atoms in total. The third kappa shape index (κ3) is 3.69. The van der Waals surface area contributed by atoms with E-state index < -0.39 is 0 Å². The Balaban J connectivity index is 2.05. The van der Waals surface area contributed by atoms with Crippen LogP contribution in [0, 0.1) is 11.7 Å². The standard InChI is InChI=1S/C16H25FN2/c1-12(2)11-18-13(3)14-6-7-16(15(17)10-14)19-8-4-5-9-19/h6-7,10,12-13,18H,4-5,8-9,11H2,1-3H3/t13-/m1/s1. The van der Waals surface area contributed by atoms with Crippen LogP contribution in [0.3, 0.4) is 0 Å². The van der Waals surface area contributed by atoms with Gasteiger partial charge in [-0.3, -0.25) is 0 Å². The van der Waals surface area contributed by atoms with Gasteiger partial charge in [0, 0.05) is 19.1 Å². The lowest BCUT2D eigenvalue weighted by Gasteiger charge is -2.21. The van der Waals surface area contributed by atoms with Crippen LogP contribution in [0.1, 0.15) is 45.2 Å². The Bertz CT molecular complexity index is 411. The monoisotopic (exact) mass is 264 g/mol. The molecule has 1 aliphatic heterocycles. The smallest absolute Gasteiger partial charge is 0.146 e. The van der Waals surface area contributed by atoms with Gasteiger partial charge in [-0.05, 0) is 49.9 Å². The summed E-state index contributed by atoms with van der Waals surface area (Å²) in [5.74, 6) is 0.522. The Morgan fingerprint density at radius 1 is 1.21 bits per heavy atom. The van der Waals surface area contributed by atoms with Crippen molar-refractivity contribution < 1.29 is 4.39 Å². The Kier molecular flexibility index (Phi) is 4.81. The molecule has 1 aromatic carbocycles. The molecule has 1 saturated heterocycles. The molecule has 106 valence electrons. The maximum Gasteiger partial charge on any atom is 0.146 e. The van der Waals surface area contributed by atoms with Gasteiger partial charge in [0.2, 0.25) is 0 Å². The minimum Gasteiger partial charge on any atom is -0.369 e. The molecule has 0 aliphatic carbocycles. The zero-order valence-electron chi connectivity index (χ0n) is 12.2. The first kappa shape index (κ1) is 14.3. The molecule has 2 rings (SSSR count). The largest absolute Gasteiger partial charge is 0.369 e. The van der Waals surface area contributed by atoms with E-state index in [1.165, 1.54) is 12.8 Å². The van der Waals surface area contributed by atoms with Crippen LogP contribution in [0.5, 0.6) is 0 Å². The van der Waals surface area contributed by atoms with Crippen molar-refractivity contribution in [2.45, 2.75) is 39.7 Å². The van der Waals surface area contributed by atoms with E-state index in [1.54, 1.807) is 6.07 Å². The topological polar surface area (TPSA) is 15.3 Å². The minimum absolute atomic E-state index is 0.0856. The van der Waals surface area contributed by atoms with Gasteiger partial charge in [0.15, 0.2) is 0 Å². The summed E-state index contributed by atoms with van der Waals surface area (Å²) in [6.45, 7) is 9.37. The third-order valence-electron chi connectivity index (χ3n) is 3.75. The van der Waals surface area contributed by atoms with Gasteiger partial charge >= 0.3 is 0 Å². The highest BCUT2D eigenvalue weighted by molar-refractivity contribution is 5.50. The van der Waals surface area contributed by atoms with Crippen LogP contribution in [0.25, 0.3) is 0 Å². The molecule has 1 atom stereocenters. The van der Waals surface area contributed by atoms with E-state index in [-0.39, 0.29) is 11.9 Å². The van der Waals surface area contributed by atoms with E-state index in [9.17, 15) is 4.39 Å². The molecule has 0 bridgehead atoms. The molecule has 0 amide bonds. The zero-order valence-corrected chi connectivity index (χ0v) is 12.2. The SMILES string of the molecule is CC(C)CN[C@H](C)c1ccc(N2CCCC2)c(F)c1. The summed E-state index contributed by atoms with van der Waals surface area (Å²) < 4.78 is 14.2. The van der Waals surface area contributed by atoms with Gasteiger partial charge in [-0.2, -0.15) is 0 Å². The molecule has 0 unspecified atom stereocenters. The summed E-state index contributed by atoms with van der Waals surface area (Å²) >= 11 is 0. The third-order valence-corrected chi connectivity index (χ3v) is 3.75. The van der Waals surface area contributed by atoms with E-state index in [4.69, 9.17) is 0 Å². The molecule has 3 heteroatoms. The summed E-state index contributed by atoms with van der Waals surface area (Å²) in [7, 11) is 0. The first-order valence-electron chi connectivity index (χ1n) is 7.35. The Hall–Kier alpha value is -1.09. The summed E-state index contributed by atoms with van der Waals surface area (Å²) in [6.07, 6.45) is 2.35. The second kappa shape index (κ2) is 6.38. The van der Waals surface area contributed by atoms with Crippen molar-refractivity contribution in [3.63, 3.8) is 0 Å². The van der Waals surface area contributed by atoms with Crippen LogP contribution in [0.15, 0.2) is 18.2 Å². The van der Waals surface area contributed by atoms with Crippen LogP contribution in [0.4, 0.5) is 10.1 Å². The lowest BCUT2D eigenvalue weighted by atomic mass is 10.1. The van der Waals surface area contributed by atoms with E-state index in [0.717, 1.165) is 30.9 Å². The predicted octanol–water partition coefficient (Wildman–Crippen LogP) is 3.73. The molecule has 1 aliphatic rings. The molecule has 19 heavy (non-hydrogen) atoms. The second-order valence-corrected chi connectivity index (χ2v) is 5.93. The molecule has 0 aromatic heterocycles. The van der Waals surface area contributed by atoms with Crippen molar-refractivity contribution in [3.05, 3.63) is 29.6 Å². The predicted molar refractivity (Wildman–Crippen MR) is 79.1 cm³/mol. The molecule has 0 radical (unpaired) electrons. The Morgan fingerprint density at radius 3 is 2.47 bits per heavy atom. The fourth-order valence-corrected chi connectivity index (χ4v) is 2.54. The number of nitrogens with one attached hydrogen (secondary N) is 1. The van der Waals surface area contributed by atoms with E-state index >= 15 is 0 Å². The van der Waals surface area contributed by atoms with E-state index in [1.807, 2.05) is 6.07 Å². The highest BCUT2D eigenvalue weighted by Gasteiger charge is 2.17. The second-order valence-electron chi connectivity index (χ2n) is 5.93. The summed E-state index contributed by atoms with van der Waals surface area (Å²) in [6, 6.07) is 5.87. The molecule has 1 aromatic rings. The quantitative estimate of drug-likeness (QED) is 0.871. The molecule has 0 saturated carbocycles. The number of anilines is 1. The van der Waals surface area contributed by atoms with Crippen molar-refractivity contribution in [1.29, 1.82) is 0 Å². The maximum atomic E-state index is 14.2. The van der Waals surface area contributed by atoms with Crippen LogP contribution < -0.4 is 10.2 Å². The van der Waals surface area contributed by atoms with Crippen LogP contribution in [-0.4, -0.2) is 19.6 Å². The normalized spacial score (nSPS) is 17.2. The molecule has 0 spiro atoms. The Morgan fingerprint density at radius 2 is 1.89 bits per heavy atom. The van der Waals surface area contributed by atoms with Crippen LogP contribution in [-0.2, 0) is 0 Å². The minimum atomic E-state index is -0.0856. The van der Waals surface area contributed by atoms with Crippen molar-refractivity contribution in [2.75, 3.05) is 24.5 Å². The fourth-order valence-electron chi connectivity index (χ4n) is 2.54. The van der Waals surface area contributed by atoms with Crippen molar-refractivity contribution in [3.8, 4) is 0 Å². The number of nitrogens with zero attached hydrogens (tertiary/aromatic N) is 1. The molecular weight excluding hydrogens is 239 g/mol. The number of hydrogen-bond donors (Lipinski definition) is 1.